The van der Waals surface area contributed by atoms with E-state index in [1.165, 1.54) is 0 Å². The first-order chi connectivity index (χ1) is 12.6. The van der Waals surface area contributed by atoms with E-state index in [1.54, 1.807) is 19.2 Å². The quantitative estimate of drug-likeness (QED) is 0.758. The Bertz CT molecular complexity index is 951. The molecule has 0 spiro atoms. The number of aromatic nitrogens is 2. The van der Waals surface area contributed by atoms with Gasteiger partial charge in [0.25, 0.3) is 5.91 Å². The van der Waals surface area contributed by atoms with Crippen LogP contribution >= 0.6 is 0 Å². The number of carbonyl (C=O) groups is 2. The Hall–Kier alpha value is -3.09. The lowest BCUT2D eigenvalue weighted by atomic mass is 9.95. The minimum absolute atomic E-state index is 0.00781. The molecular formula is C19H20N4O3. The van der Waals surface area contributed by atoms with Crippen molar-refractivity contribution in [1.29, 1.82) is 0 Å². The first-order valence-electron chi connectivity index (χ1n) is 8.71. The highest BCUT2D eigenvalue weighted by Gasteiger charge is 2.29. The van der Waals surface area contributed by atoms with E-state index < -0.39 is 0 Å². The van der Waals surface area contributed by atoms with Gasteiger partial charge in [-0.3, -0.25) is 9.59 Å². The van der Waals surface area contributed by atoms with E-state index >= 15 is 0 Å². The monoisotopic (exact) mass is 352 g/mol. The molecule has 7 heteroatoms. The number of benzene rings is 1. The molecule has 1 aliphatic heterocycles. The highest BCUT2D eigenvalue weighted by molar-refractivity contribution is 6.06. The van der Waals surface area contributed by atoms with Crippen LogP contribution in [0.25, 0.3) is 10.9 Å². The number of carbonyl (C=O) groups excluding carboxylic acids is 2. The van der Waals surface area contributed by atoms with Crippen LogP contribution in [0.5, 0.6) is 0 Å². The van der Waals surface area contributed by atoms with Crippen molar-refractivity contribution in [2.45, 2.75) is 19.8 Å². The molecule has 3 aromatic rings. The molecule has 0 aliphatic carbocycles. The summed E-state index contributed by atoms with van der Waals surface area (Å²) in [6, 6.07) is 9.45. The van der Waals surface area contributed by atoms with E-state index in [-0.39, 0.29) is 17.7 Å². The molecule has 134 valence electrons. The average molecular weight is 352 g/mol. The predicted octanol–water partition coefficient (Wildman–Crippen LogP) is 2.96. The third-order valence-corrected chi connectivity index (χ3v) is 4.85. The van der Waals surface area contributed by atoms with Gasteiger partial charge in [-0.15, -0.1) is 0 Å². The van der Waals surface area contributed by atoms with Crippen LogP contribution in [0.4, 0.5) is 5.82 Å². The van der Waals surface area contributed by atoms with Gasteiger partial charge in [-0.25, -0.2) is 0 Å². The molecule has 0 unspecified atom stereocenters. The summed E-state index contributed by atoms with van der Waals surface area (Å²) in [6.07, 6.45) is 3.03. The van der Waals surface area contributed by atoms with Crippen molar-refractivity contribution in [2.24, 2.45) is 5.92 Å². The van der Waals surface area contributed by atoms with Crippen LogP contribution in [-0.4, -0.2) is 39.9 Å². The van der Waals surface area contributed by atoms with Crippen LogP contribution in [0.3, 0.4) is 0 Å². The van der Waals surface area contributed by atoms with Gasteiger partial charge in [-0.1, -0.05) is 23.4 Å². The number of rotatable bonds is 3. The van der Waals surface area contributed by atoms with Crippen molar-refractivity contribution in [2.75, 3.05) is 18.4 Å². The van der Waals surface area contributed by atoms with Gasteiger partial charge in [0.2, 0.25) is 5.91 Å². The second kappa shape index (κ2) is 6.67. The van der Waals surface area contributed by atoms with Gasteiger partial charge < -0.3 is 19.7 Å². The molecule has 2 N–H and O–H groups in total. The number of H-pyrrole nitrogens is 1. The first-order valence-corrected chi connectivity index (χ1v) is 8.71. The molecule has 1 aliphatic rings. The summed E-state index contributed by atoms with van der Waals surface area (Å²) >= 11 is 0. The lowest BCUT2D eigenvalue weighted by Crippen LogP contribution is -2.41. The fourth-order valence-corrected chi connectivity index (χ4v) is 3.42. The van der Waals surface area contributed by atoms with Crippen LogP contribution < -0.4 is 5.32 Å². The van der Waals surface area contributed by atoms with Crippen LogP contribution in [0, 0.1) is 12.8 Å². The summed E-state index contributed by atoms with van der Waals surface area (Å²) in [4.78, 5) is 30.1. The van der Waals surface area contributed by atoms with Crippen molar-refractivity contribution in [1.82, 2.24) is 15.0 Å². The average Bonchev–Trinajstić information content (AvgIpc) is 3.27. The van der Waals surface area contributed by atoms with Gasteiger partial charge in [-0.2, -0.15) is 0 Å². The molecule has 4 rings (SSSR count). The summed E-state index contributed by atoms with van der Waals surface area (Å²) in [5, 5.41) is 7.49. The number of anilines is 1. The molecule has 0 atom stereocenters. The number of nitrogens with zero attached hydrogens (tertiary/aromatic N) is 2. The predicted molar refractivity (Wildman–Crippen MR) is 96.8 cm³/mol. The maximum absolute atomic E-state index is 12.8. The van der Waals surface area contributed by atoms with Crippen LogP contribution in [-0.2, 0) is 4.79 Å². The summed E-state index contributed by atoms with van der Waals surface area (Å²) in [5.41, 5.74) is 1.63. The number of nitrogens with one attached hydrogen (secondary N) is 2. The van der Waals surface area contributed by atoms with Gasteiger partial charge in [-0.05, 0) is 25.8 Å². The molecule has 0 saturated carbocycles. The van der Waals surface area contributed by atoms with Gasteiger partial charge in [0, 0.05) is 42.2 Å². The first kappa shape index (κ1) is 16.4. The molecule has 1 saturated heterocycles. The maximum Gasteiger partial charge on any atom is 0.256 e. The standard InChI is InChI=1S/C19H20N4O3/c1-12-10-17(22-26-12)21-18(24)13-6-8-23(9-7-13)19(25)15-11-20-16-5-3-2-4-14(15)16/h2-5,10-11,13,20H,6-9H2,1H3,(H,21,22,24). The van der Waals surface area contributed by atoms with Gasteiger partial charge >= 0.3 is 0 Å². The van der Waals surface area contributed by atoms with Crippen molar-refractivity contribution in [3.8, 4) is 0 Å². The Morgan fingerprint density at radius 3 is 2.77 bits per heavy atom. The minimum atomic E-state index is -0.126. The minimum Gasteiger partial charge on any atom is -0.360 e. The SMILES string of the molecule is Cc1cc(NC(=O)C2CCN(C(=O)c3c[nH]c4ccccc34)CC2)no1. The topological polar surface area (TPSA) is 91.2 Å². The third-order valence-electron chi connectivity index (χ3n) is 4.85. The number of amides is 2. The normalized spacial score (nSPS) is 15.3. The molecule has 0 bridgehead atoms. The Labute approximate surface area is 150 Å². The van der Waals surface area contributed by atoms with Crippen LogP contribution in [0.15, 0.2) is 41.1 Å². The molecule has 3 heterocycles. The highest BCUT2D eigenvalue weighted by atomic mass is 16.5. The van der Waals surface area contributed by atoms with Crippen LogP contribution in [0.2, 0.25) is 0 Å². The number of piperidine rings is 1. The zero-order chi connectivity index (χ0) is 18.1. The lowest BCUT2D eigenvalue weighted by molar-refractivity contribution is -0.121. The highest BCUT2D eigenvalue weighted by Crippen LogP contribution is 2.24. The largest absolute Gasteiger partial charge is 0.360 e. The van der Waals surface area contributed by atoms with E-state index in [9.17, 15) is 9.59 Å². The summed E-state index contributed by atoms with van der Waals surface area (Å²) < 4.78 is 4.96. The number of likely N-dealkylation sites (tertiary alicyclic amines) is 1. The van der Waals surface area contributed by atoms with Crippen molar-refractivity contribution >= 4 is 28.5 Å². The second-order valence-electron chi connectivity index (χ2n) is 6.63. The van der Waals surface area contributed by atoms with E-state index in [0.717, 1.165) is 10.9 Å². The number of para-hydroxylation sites is 1. The van der Waals surface area contributed by atoms with E-state index in [0.29, 0.717) is 43.1 Å². The molecule has 1 fully saturated rings. The third kappa shape index (κ3) is 3.08. The van der Waals surface area contributed by atoms with E-state index in [2.05, 4.69) is 15.5 Å². The molecule has 2 amide bonds. The van der Waals surface area contributed by atoms with Crippen molar-refractivity contribution in [3.05, 3.63) is 47.9 Å². The van der Waals surface area contributed by atoms with E-state index in [4.69, 9.17) is 4.52 Å². The Balaban J connectivity index is 1.38. The zero-order valence-corrected chi connectivity index (χ0v) is 14.5. The fraction of sp³-hybridized carbons (Fsp3) is 0.316. The Kier molecular flexibility index (Phi) is 4.20. The fourth-order valence-electron chi connectivity index (χ4n) is 3.42. The molecule has 7 nitrogen and oxygen atoms in total. The van der Waals surface area contributed by atoms with Gasteiger partial charge in [0.05, 0.1) is 5.56 Å². The molecular weight excluding hydrogens is 332 g/mol. The molecule has 0 radical (unpaired) electrons. The number of aryl methyl sites for hydroxylation is 1. The number of hydrogen-bond acceptors (Lipinski definition) is 4. The second-order valence-corrected chi connectivity index (χ2v) is 6.63. The Morgan fingerprint density at radius 2 is 2.04 bits per heavy atom. The lowest BCUT2D eigenvalue weighted by Gasteiger charge is -2.31. The smallest absolute Gasteiger partial charge is 0.256 e. The maximum atomic E-state index is 12.8. The van der Waals surface area contributed by atoms with Crippen molar-refractivity contribution in [3.63, 3.8) is 0 Å². The summed E-state index contributed by atoms with van der Waals surface area (Å²) in [5.74, 6) is 0.897. The summed E-state index contributed by atoms with van der Waals surface area (Å²) in [7, 11) is 0. The van der Waals surface area contributed by atoms with Gasteiger partial charge in [0.1, 0.15) is 5.76 Å². The molecule has 26 heavy (non-hydrogen) atoms. The molecule has 1 aromatic carbocycles. The van der Waals surface area contributed by atoms with Gasteiger partial charge in [0.15, 0.2) is 5.82 Å². The van der Waals surface area contributed by atoms with Crippen LogP contribution in [0.1, 0.15) is 29.0 Å². The van der Waals surface area contributed by atoms with E-state index in [1.807, 2.05) is 29.2 Å². The summed E-state index contributed by atoms with van der Waals surface area (Å²) in [6.45, 7) is 2.90. The number of aromatic amines is 1. The molecule has 2 aromatic heterocycles. The Morgan fingerprint density at radius 1 is 1.27 bits per heavy atom. The number of fused-ring (bicyclic) bond motifs is 1. The number of hydrogen-bond donors (Lipinski definition) is 2. The van der Waals surface area contributed by atoms with Crippen molar-refractivity contribution < 1.29 is 14.1 Å². The zero-order valence-electron chi connectivity index (χ0n) is 14.5.